The van der Waals surface area contributed by atoms with Gasteiger partial charge in [0.2, 0.25) is 0 Å². The van der Waals surface area contributed by atoms with E-state index >= 15 is 0 Å². The highest BCUT2D eigenvalue weighted by atomic mass is 31.2. The zero-order valence-corrected chi connectivity index (χ0v) is 65.5. The number of hydrogen-bond donors (Lipinski definition) is 3. The van der Waals surface area contributed by atoms with Gasteiger partial charge in [0.1, 0.15) is 19.3 Å². The topological polar surface area (TPSA) is 237 Å². The van der Waals surface area contributed by atoms with Crippen LogP contribution in [0.5, 0.6) is 0 Å². The molecule has 0 aliphatic carbocycles. The first-order valence-electron chi connectivity index (χ1n) is 40.2. The Morgan fingerprint density at radius 2 is 0.495 bits per heavy atom. The van der Waals surface area contributed by atoms with E-state index < -0.39 is 97.5 Å². The molecule has 19 heteroatoms. The minimum Gasteiger partial charge on any atom is -0.462 e. The average molecular weight is 1420 g/mol. The van der Waals surface area contributed by atoms with E-state index in [1.54, 1.807) is 0 Å². The molecule has 0 bridgehead atoms. The largest absolute Gasteiger partial charge is 0.472 e. The molecule has 0 saturated heterocycles. The summed E-state index contributed by atoms with van der Waals surface area (Å²) in [6.45, 7) is 14.2. The molecule has 0 saturated carbocycles. The zero-order chi connectivity index (χ0) is 71.7. The van der Waals surface area contributed by atoms with E-state index in [4.69, 9.17) is 37.0 Å². The Morgan fingerprint density at radius 1 is 0.289 bits per heavy atom. The molecule has 3 unspecified atom stereocenters. The van der Waals surface area contributed by atoms with Gasteiger partial charge in [-0.15, -0.1) is 0 Å². The Kier molecular flexibility index (Phi) is 65.9. The predicted molar refractivity (Wildman–Crippen MR) is 395 cm³/mol. The van der Waals surface area contributed by atoms with Gasteiger partial charge in [-0.2, -0.15) is 0 Å². The van der Waals surface area contributed by atoms with Crippen molar-refractivity contribution in [1.82, 2.24) is 0 Å². The molecule has 0 heterocycles. The number of phosphoric ester groups is 2. The maximum absolute atomic E-state index is 13.1. The molecular weight excluding hydrogens is 1270 g/mol. The first-order valence-corrected chi connectivity index (χ1v) is 43.2. The van der Waals surface area contributed by atoms with E-state index in [-0.39, 0.29) is 25.7 Å². The molecular formula is C78H152O17P2. The van der Waals surface area contributed by atoms with Crippen molar-refractivity contribution in [2.45, 2.75) is 414 Å². The van der Waals surface area contributed by atoms with E-state index in [0.29, 0.717) is 37.5 Å². The second kappa shape index (κ2) is 67.2. The number of aliphatic hydroxyl groups excluding tert-OH is 1. The molecule has 0 aliphatic heterocycles. The molecule has 576 valence electrons. The second-order valence-corrected chi connectivity index (χ2v) is 32.7. The molecule has 0 aromatic carbocycles. The number of unbranched alkanes of at least 4 members (excludes halogenated alkanes) is 40. The summed E-state index contributed by atoms with van der Waals surface area (Å²) in [5.74, 6) is 0.919. The van der Waals surface area contributed by atoms with Gasteiger partial charge in [0.15, 0.2) is 12.2 Å². The number of esters is 4. The minimum absolute atomic E-state index is 0.106. The number of rotatable bonds is 75. The van der Waals surface area contributed by atoms with Crippen LogP contribution in [0.25, 0.3) is 0 Å². The van der Waals surface area contributed by atoms with Crippen molar-refractivity contribution in [3.05, 3.63) is 0 Å². The van der Waals surface area contributed by atoms with Crippen molar-refractivity contribution in [1.29, 1.82) is 0 Å². The van der Waals surface area contributed by atoms with Gasteiger partial charge in [-0.1, -0.05) is 344 Å². The highest BCUT2D eigenvalue weighted by Gasteiger charge is 2.30. The molecule has 0 fully saturated rings. The SMILES string of the molecule is CCC(C)CCCCCCCCCCCCCCCCCCCCC(=O)O[C@H](COC(=O)CCCCCCCCC(C)C)COP(=O)(O)OC[C@H](O)COP(=O)(O)OC[C@@H](COC(=O)CCCCCCCCCC(C)C)OC(=O)CCCCCCCCCCCCCCCC(C)C. The fourth-order valence-electron chi connectivity index (χ4n) is 11.9. The van der Waals surface area contributed by atoms with Gasteiger partial charge in [0.05, 0.1) is 26.4 Å². The third-order valence-electron chi connectivity index (χ3n) is 18.4. The van der Waals surface area contributed by atoms with Gasteiger partial charge in [0.25, 0.3) is 0 Å². The molecule has 97 heavy (non-hydrogen) atoms. The van der Waals surface area contributed by atoms with Crippen molar-refractivity contribution >= 4 is 39.5 Å². The quantitative estimate of drug-likeness (QED) is 0.0222. The fraction of sp³-hybridized carbons (Fsp3) is 0.949. The molecule has 0 aliphatic rings. The Labute approximate surface area is 594 Å². The number of carbonyl (C=O) groups excluding carboxylic acids is 4. The minimum atomic E-state index is -4.96. The fourth-order valence-corrected chi connectivity index (χ4v) is 13.5. The van der Waals surface area contributed by atoms with E-state index in [0.717, 1.165) is 115 Å². The second-order valence-electron chi connectivity index (χ2n) is 29.8. The van der Waals surface area contributed by atoms with Crippen LogP contribution >= 0.6 is 15.6 Å². The summed E-state index contributed by atoms with van der Waals surface area (Å²) in [5.41, 5.74) is 0. The highest BCUT2D eigenvalue weighted by molar-refractivity contribution is 7.47. The first-order chi connectivity index (χ1) is 46.6. The summed E-state index contributed by atoms with van der Waals surface area (Å²) in [4.78, 5) is 72.8. The summed E-state index contributed by atoms with van der Waals surface area (Å²) < 4.78 is 68.5. The number of ether oxygens (including phenoxy) is 4. The van der Waals surface area contributed by atoms with Crippen LogP contribution in [-0.4, -0.2) is 96.7 Å². The van der Waals surface area contributed by atoms with E-state index in [2.05, 4.69) is 55.4 Å². The summed E-state index contributed by atoms with van der Waals surface area (Å²) in [6.07, 6.45) is 53.1. The van der Waals surface area contributed by atoms with Crippen molar-refractivity contribution < 1.29 is 80.2 Å². The number of phosphoric acid groups is 2. The number of hydrogen-bond acceptors (Lipinski definition) is 15. The third-order valence-corrected chi connectivity index (χ3v) is 20.3. The van der Waals surface area contributed by atoms with Gasteiger partial charge in [-0.25, -0.2) is 9.13 Å². The number of carbonyl (C=O) groups is 4. The standard InChI is InChI=1S/C78H152O17P2/c1-9-71(8)57-49-41-32-26-22-18-14-12-10-11-13-15-19-23-27-33-44-52-60-78(83)95-74(65-89-76(81)59-51-43-37-36-40-48-56-70(6)7)67-93-97(86,87)91-63-72(79)62-90-96(84,85)92-66-73(64-88-75(80)58-50-42-35-29-31-39-47-55-69(4)5)94-77(82)61-53-45-34-28-24-20-16-17-21-25-30-38-46-54-68(2)3/h68-74,79H,9-67H2,1-8H3,(H,84,85)(H,86,87)/t71?,72-,73-,74-/m1/s1. The Hall–Kier alpha value is -1.94. The van der Waals surface area contributed by atoms with Crippen molar-refractivity contribution in [3.8, 4) is 0 Å². The average Bonchev–Trinajstić information content (AvgIpc) is 2.59. The molecule has 3 N–H and O–H groups in total. The lowest BCUT2D eigenvalue weighted by Crippen LogP contribution is -2.30. The van der Waals surface area contributed by atoms with E-state index in [1.807, 2.05) is 0 Å². The molecule has 0 amide bonds. The molecule has 6 atom stereocenters. The van der Waals surface area contributed by atoms with Crippen LogP contribution in [0.4, 0.5) is 0 Å². The predicted octanol–water partition coefficient (Wildman–Crippen LogP) is 22.8. The van der Waals surface area contributed by atoms with E-state index in [1.165, 1.54) is 186 Å². The zero-order valence-electron chi connectivity index (χ0n) is 63.7. The highest BCUT2D eigenvalue weighted by Crippen LogP contribution is 2.45. The molecule has 0 aromatic rings. The van der Waals surface area contributed by atoms with Crippen LogP contribution < -0.4 is 0 Å². The lowest BCUT2D eigenvalue weighted by Gasteiger charge is -2.21. The molecule has 0 radical (unpaired) electrons. The van der Waals surface area contributed by atoms with Crippen molar-refractivity contribution in [2.24, 2.45) is 23.7 Å². The lowest BCUT2D eigenvalue weighted by atomic mass is 9.99. The van der Waals surface area contributed by atoms with Crippen LogP contribution in [0, 0.1) is 23.7 Å². The molecule has 0 aromatic heterocycles. The van der Waals surface area contributed by atoms with Crippen LogP contribution in [0.1, 0.15) is 396 Å². The number of aliphatic hydroxyl groups is 1. The smallest absolute Gasteiger partial charge is 0.462 e. The van der Waals surface area contributed by atoms with Crippen molar-refractivity contribution in [2.75, 3.05) is 39.6 Å². The van der Waals surface area contributed by atoms with Crippen LogP contribution in [0.15, 0.2) is 0 Å². The Balaban J connectivity index is 5.15. The Bertz CT molecular complexity index is 1900. The summed E-state index contributed by atoms with van der Waals surface area (Å²) in [6, 6.07) is 0. The monoisotopic (exact) mass is 1420 g/mol. The van der Waals surface area contributed by atoms with Crippen molar-refractivity contribution in [3.63, 3.8) is 0 Å². The van der Waals surface area contributed by atoms with E-state index in [9.17, 15) is 43.2 Å². The van der Waals surface area contributed by atoms with Gasteiger partial charge in [0, 0.05) is 25.7 Å². The maximum Gasteiger partial charge on any atom is 0.472 e. The summed E-state index contributed by atoms with van der Waals surface area (Å²) in [7, 11) is -9.91. The van der Waals surface area contributed by atoms with Crippen LogP contribution in [0.2, 0.25) is 0 Å². The van der Waals surface area contributed by atoms with Crippen LogP contribution in [0.3, 0.4) is 0 Å². The van der Waals surface area contributed by atoms with Gasteiger partial charge in [-0.3, -0.25) is 37.3 Å². The maximum atomic E-state index is 13.1. The van der Waals surface area contributed by atoms with Gasteiger partial charge < -0.3 is 33.8 Å². The first kappa shape index (κ1) is 95.1. The Morgan fingerprint density at radius 3 is 0.732 bits per heavy atom. The summed E-state index contributed by atoms with van der Waals surface area (Å²) in [5, 5.41) is 10.6. The molecule has 17 nitrogen and oxygen atoms in total. The summed E-state index contributed by atoms with van der Waals surface area (Å²) >= 11 is 0. The van der Waals surface area contributed by atoms with Gasteiger partial charge in [-0.05, 0) is 49.4 Å². The molecule has 0 spiro atoms. The normalized spacial score (nSPS) is 14.4. The molecule has 0 rings (SSSR count). The van der Waals surface area contributed by atoms with Gasteiger partial charge >= 0.3 is 39.5 Å². The third kappa shape index (κ3) is 70.9. The van der Waals surface area contributed by atoms with Crippen LogP contribution in [-0.2, 0) is 65.4 Å². The lowest BCUT2D eigenvalue weighted by molar-refractivity contribution is -0.161.